The van der Waals surface area contributed by atoms with Gasteiger partial charge in [0.1, 0.15) is 5.75 Å². The highest BCUT2D eigenvalue weighted by molar-refractivity contribution is 5.48. The van der Waals surface area contributed by atoms with Crippen molar-refractivity contribution >= 4 is 0 Å². The molecule has 2 nitrogen and oxygen atoms in total. The Bertz CT molecular complexity index is 365. The number of rotatable bonds is 2. The molecule has 1 N–H and O–H groups in total. The van der Waals surface area contributed by atoms with Gasteiger partial charge in [0, 0.05) is 5.56 Å². The standard InChI is InChI=1S/C12H16O2/c1-8-6-9(2)11(14-3)10(7-8)12(13)4-5-12/h6-7,13H,4-5H2,1-3H3. The fraction of sp³-hybridized carbons (Fsp3) is 0.500. The van der Waals surface area contributed by atoms with Crippen LogP contribution in [-0.4, -0.2) is 12.2 Å². The Morgan fingerprint density at radius 1 is 1.29 bits per heavy atom. The van der Waals surface area contributed by atoms with E-state index >= 15 is 0 Å². The molecule has 1 fully saturated rings. The minimum absolute atomic E-state index is 0.609. The van der Waals surface area contributed by atoms with Gasteiger partial charge in [0.25, 0.3) is 0 Å². The van der Waals surface area contributed by atoms with Crippen molar-refractivity contribution in [2.75, 3.05) is 7.11 Å². The van der Waals surface area contributed by atoms with Crippen LogP contribution in [0.4, 0.5) is 0 Å². The lowest BCUT2D eigenvalue weighted by molar-refractivity contribution is 0.147. The Morgan fingerprint density at radius 2 is 1.93 bits per heavy atom. The summed E-state index contributed by atoms with van der Waals surface area (Å²) in [7, 11) is 1.66. The molecule has 0 aliphatic heterocycles. The van der Waals surface area contributed by atoms with Gasteiger partial charge in [0.05, 0.1) is 12.7 Å². The van der Waals surface area contributed by atoms with Crippen molar-refractivity contribution in [1.82, 2.24) is 0 Å². The molecule has 0 heterocycles. The van der Waals surface area contributed by atoms with Crippen LogP contribution in [0.15, 0.2) is 12.1 Å². The van der Waals surface area contributed by atoms with E-state index in [4.69, 9.17) is 4.74 Å². The predicted molar refractivity (Wildman–Crippen MR) is 55.6 cm³/mol. The SMILES string of the molecule is COc1c(C)cc(C)cc1C1(O)CC1. The molecule has 0 atom stereocenters. The molecule has 0 spiro atoms. The van der Waals surface area contributed by atoms with Crippen molar-refractivity contribution in [3.05, 3.63) is 28.8 Å². The third kappa shape index (κ3) is 1.40. The van der Waals surface area contributed by atoms with Gasteiger partial charge >= 0.3 is 0 Å². The first-order valence-electron chi connectivity index (χ1n) is 4.95. The van der Waals surface area contributed by atoms with Gasteiger partial charge in [0.2, 0.25) is 0 Å². The lowest BCUT2D eigenvalue weighted by Crippen LogP contribution is -2.08. The minimum Gasteiger partial charge on any atom is -0.496 e. The van der Waals surface area contributed by atoms with E-state index in [1.54, 1.807) is 7.11 Å². The monoisotopic (exact) mass is 192 g/mol. The second kappa shape index (κ2) is 2.99. The minimum atomic E-state index is -0.609. The van der Waals surface area contributed by atoms with Gasteiger partial charge in [-0.3, -0.25) is 0 Å². The zero-order valence-corrected chi connectivity index (χ0v) is 8.92. The number of aryl methyl sites for hydroxylation is 2. The van der Waals surface area contributed by atoms with Gasteiger partial charge < -0.3 is 9.84 Å². The first kappa shape index (κ1) is 9.53. The van der Waals surface area contributed by atoms with Crippen molar-refractivity contribution in [3.63, 3.8) is 0 Å². The molecule has 0 amide bonds. The average molecular weight is 192 g/mol. The van der Waals surface area contributed by atoms with Crippen LogP contribution in [0.1, 0.15) is 29.5 Å². The van der Waals surface area contributed by atoms with Crippen LogP contribution in [0.3, 0.4) is 0 Å². The summed E-state index contributed by atoms with van der Waals surface area (Å²) in [6, 6.07) is 4.10. The van der Waals surface area contributed by atoms with E-state index in [1.807, 2.05) is 19.9 Å². The first-order chi connectivity index (χ1) is 6.57. The molecule has 1 aromatic carbocycles. The quantitative estimate of drug-likeness (QED) is 0.779. The maximum atomic E-state index is 10.1. The molecule has 76 valence electrons. The highest BCUT2D eigenvalue weighted by Crippen LogP contribution is 2.49. The number of aliphatic hydroxyl groups is 1. The van der Waals surface area contributed by atoms with Crippen LogP contribution in [0.2, 0.25) is 0 Å². The van der Waals surface area contributed by atoms with Gasteiger partial charge in [-0.2, -0.15) is 0 Å². The normalized spacial score (nSPS) is 18.0. The van der Waals surface area contributed by atoms with Crippen LogP contribution in [-0.2, 0) is 5.60 Å². The molecule has 0 aromatic heterocycles. The van der Waals surface area contributed by atoms with Crippen molar-refractivity contribution in [1.29, 1.82) is 0 Å². The molecular weight excluding hydrogens is 176 g/mol. The summed E-state index contributed by atoms with van der Waals surface area (Å²) < 4.78 is 5.34. The zero-order chi connectivity index (χ0) is 10.3. The largest absolute Gasteiger partial charge is 0.496 e. The topological polar surface area (TPSA) is 29.5 Å². The lowest BCUT2D eigenvalue weighted by Gasteiger charge is -2.16. The second-order valence-corrected chi connectivity index (χ2v) is 4.19. The van der Waals surface area contributed by atoms with E-state index in [0.717, 1.165) is 29.7 Å². The average Bonchev–Trinajstić information content (AvgIpc) is 2.84. The van der Waals surface area contributed by atoms with Gasteiger partial charge in [0.15, 0.2) is 0 Å². The highest BCUT2D eigenvalue weighted by atomic mass is 16.5. The summed E-state index contributed by atoms with van der Waals surface area (Å²) in [6.45, 7) is 4.06. The van der Waals surface area contributed by atoms with Gasteiger partial charge in [-0.1, -0.05) is 11.6 Å². The first-order valence-corrected chi connectivity index (χ1v) is 4.95. The Labute approximate surface area is 84.5 Å². The van der Waals surface area contributed by atoms with Crippen LogP contribution < -0.4 is 4.74 Å². The second-order valence-electron chi connectivity index (χ2n) is 4.19. The molecule has 1 aliphatic rings. The smallest absolute Gasteiger partial charge is 0.127 e. The fourth-order valence-corrected chi connectivity index (χ4v) is 1.96. The maximum absolute atomic E-state index is 10.1. The zero-order valence-electron chi connectivity index (χ0n) is 8.92. The van der Waals surface area contributed by atoms with E-state index in [1.165, 1.54) is 5.56 Å². The molecule has 1 aliphatic carbocycles. The number of ether oxygens (including phenoxy) is 1. The molecule has 14 heavy (non-hydrogen) atoms. The van der Waals surface area contributed by atoms with E-state index in [9.17, 15) is 5.11 Å². The third-order valence-corrected chi connectivity index (χ3v) is 2.85. The summed E-state index contributed by atoms with van der Waals surface area (Å²) >= 11 is 0. The third-order valence-electron chi connectivity index (χ3n) is 2.85. The molecule has 0 bridgehead atoms. The van der Waals surface area contributed by atoms with Crippen LogP contribution in [0, 0.1) is 13.8 Å². The van der Waals surface area contributed by atoms with Crippen LogP contribution in [0.5, 0.6) is 5.75 Å². The van der Waals surface area contributed by atoms with Crippen LogP contribution >= 0.6 is 0 Å². The Kier molecular flexibility index (Phi) is 2.04. The molecule has 0 radical (unpaired) electrons. The number of hydrogen-bond acceptors (Lipinski definition) is 2. The maximum Gasteiger partial charge on any atom is 0.127 e. The molecule has 1 saturated carbocycles. The molecule has 0 unspecified atom stereocenters. The van der Waals surface area contributed by atoms with Crippen molar-refractivity contribution < 1.29 is 9.84 Å². The Hall–Kier alpha value is -1.02. The van der Waals surface area contributed by atoms with E-state index in [0.29, 0.717) is 0 Å². The summed E-state index contributed by atoms with van der Waals surface area (Å²) in [5, 5.41) is 10.1. The number of methoxy groups -OCH3 is 1. The van der Waals surface area contributed by atoms with Gasteiger partial charge in [-0.25, -0.2) is 0 Å². The molecule has 2 heteroatoms. The van der Waals surface area contributed by atoms with Crippen LogP contribution in [0.25, 0.3) is 0 Å². The number of benzene rings is 1. The van der Waals surface area contributed by atoms with Crippen molar-refractivity contribution in [3.8, 4) is 5.75 Å². The van der Waals surface area contributed by atoms with Gasteiger partial charge in [-0.15, -0.1) is 0 Å². The number of hydrogen-bond donors (Lipinski definition) is 1. The molecular formula is C12H16O2. The van der Waals surface area contributed by atoms with E-state index in [2.05, 4.69) is 6.07 Å². The summed E-state index contributed by atoms with van der Waals surface area (Å²) in [4.78, 5) is 0. The lowest BCUT2D eigenvalue weighted by atomic mass is 10.00. The Morgan fingerprint density at radius 3 is 2.43 bits per heavy atom. The van der Waals surface area contributed by atoms with E-state index in [-0.39, 0.29) is 0 Å². The summed E-state index contributed by atoms with van der Waals surface area (Å²) in [6.07, 6.45) is 1.71. The summed E-state index contributed by atoms with van der Waals surface area (Å²) in [5.74, 6) is 0.843. The highest BCUT2D eigenvalue weighted by Gasteiger charge is 2.44. The predicted octanol–water partition coefficient (Wildman–Crippen LogP) is 2.29. The molecule has 0 saturated heterocycles. The fourth-order valence-electron chi connectivity index (χ4n) is 1.96. The van der Waals surface area contributed by atoms with Crippen molar-refractivity contribution in [2.24, 2.45) is 0 Å². The molecule has 1 aromatic rings. The summed E-state index contributed by atoms with van der Waals surface area (Å²) in [5.41, 5.74) is 2.63. The molecule has 2 rings (SSSR count). The Balaban J connectivity index is 2.56. The van der Waals surface area contributed by atoms with Crippen molar-refractivity contribution in [2.45, 2.75) is 32.3 Å². The van der Waals surface area contributed by atoms with E-state index < -0.39 is 5.60 Å². The van der Waals surface area contributed by atoms with Gasteiger partial charge in [-0.05, 0) is 38.3 Å².